The molecule has 0 radical (unpaired) electrons. The summed E-state index contributed by atoms with van der Waals surface area (Å²) in [7, 11) is 0. The van der Waals surface area contributed by atoms with Gasteiger partial charge in [0, 0.05) is 24.4 Å². The Labute approximate surface area is 151 Å². The number of carbonyl (C=O) groups excluding carboxylic acids is 1. The fourth-order valence-corrected chi connectivity index (χ4v) is 2.86. The summed E-state index contributed by atoms with van der Waals surface area (Å²) < 4.78 is 6.56. The van der Waals surface area contributed by atoms with E-state index in [2.05, 4.69) is 40.1 Å². The van der Waals surface area contributed by atoms with Crippen LogP contribution in [-0.2, 0) is 10.2 Å². The van der Waals surface area contributed by atoms with E-state index in [9.17, 15) is 4.79 Å². The molecule has 128 valence electrons. The first-order valence-corrected chi connectivity index (χ1v) is 8.74. The van der Waals surface area contributed by atoms with Crippen LogP contribution >= 0.6 is 15.9 Å². The van der Waals surface area contributed by atoms with Gasteiger partial charge in [0.05, 0.1) is 17.5 Å². The van der Waals surface area contributed by atoms with E-state index in [1.54, 1.807) is 6.20 Å². The molecule has 1 aromatic carbocycles. The highest BCUT2D eigenvalue weighted by Crippen LogP contribution is 2.25. The molecular weight excluding hydrogens is 368 g/mol. The Hall–Kier alpha value is -1.88. The molecule has 0 aliphatic carbocycles. The lowest BCUT2D eigenvalue weighted by Crippen LogP contribution is -2.37. The standard InChI is InChI=1S/C19H23BrN2O2/c1-14-6-7-17(16(20)11-14)24-10-8-18(23)22-13-19(2,3)15-5-4-9-21-12-15/h4-7,9,11-12H,8,10,13H2,1-3H3,(H,22,23). The lowest BCUT2D eigenvalue weighted by atomic mass is 9.85. The number of benzene rings is 1. The zero-order chi connectivity index (χ0) is 17.6. The average molecular weight is 391 g/mol. The van der Waals surface area contributed by atoms with Gasteiger partial charge in [-0.2, -0.15) is 0 Å². The van der Waals surface area contributed by atoms with Crippen LogP contribution in [0.1, 0.15) is 31.4 Å². The minimum Gasteiger partial charge on any atom is -0.492 e. The van der Waals surface area contributed by atoms with E-state index in [1.165, 1.54) is 0 Å². The van der Waals surface area contributed by atoms with Gasteiger partial charge in [-0.25, -0.2) is 0 Å². The number of aromatic nitrogens is 1. The molecule has 0 aliphatic rings. The molecule has 0 spiro atoms. The van der Waals surface area contributed by atoms with Gasteiger partial charge in [0.1, 0.15) is 5.75 Å². The highest BCUT2D eigenvalue weighted by atomic mass is 79.9. The summed E-state index contributed by atoms with van der Waals surface area (Å²) in [5, 5.41) is 2.97. The van der Waals surface area contributed by atoms with Crippen molar-refractivity contribution in [1.82, 2.24) is 10.3 Å². The van der Waals surface area contributed by atoms with Gasteiger partial charge in [0.2, 0.25) is 5.91 Å². The third kappa shape index (κ3) is 5.34. The van der Waals surface area contributed by atoms with Crippen LogP contribution in [0.4, 0.5) is 0 Å². The van der Waals surface area contributed by atoms with Crippen LogP contribution in [0, 0.1) is 6.92 Å². The summed E-state index contributed by atoms with van der Waals surface area (Å²) in [6.45, 7) is 7.10. The number of rotatable bonds is 7. The van der Waals surface area contributed by atoms with Crippen molar-refractivity contribution in [1.29, 1.82) is 0 Å². The highest BCUT2D eigenvalue weighted by Gasteiger charge is 2.21. The molecule has 0 bridgehead atoms. The number of amides is 1. The van der Waals surface area contributed by atoms with Gasteiger partial charge in [-0.15, -0.1) is 0 Å². The van der Waals surface area contributed by atoms with Crippen molar-refractivity contribution in [2.75, 3.05) is 13.2 Å². The van der Waals surface area contributed by atoms with Gasteiger partial charge >= 0.3 is 0 Å². The number of ether oxygens (including phenoxy) is 1. The Balaban J connectivity index is 1.77. The van der Waals surface area contributed by atoms with E-state index in [-0.39, 0.29) is 11.3 Å². The molecular formula is C19H23BrN2O2. The molecule has 1 heterocycles. The maximum atomic E-state index is 12.0. The van der Waals surface area contributed by atoms with Crippen molar-refractivity contribution in [2.45, 2.75) is 32.6 Å². The van der Waals surface area contributed by atoms with Crippen LogP contribution in [0.2, 0.25) is 0 Å². The van der Waals surface area contributed by atoms with E-state index >= 15 is 0 Å². The number of hydrogen-bond acceptors (Lipinski definition) is 3. The summed E-state index contributed by atoms with van der Waals surface area (Å²) in [6, 6.07) is 9.81. The number of aryl methyl sites for hydroxylation is 1. The maximum absolute atomic E-state index is 12.0. The molecule has 0 saturated carbocycles. The predicted molar refractivity (Wildman–Crippen MR) is 99.3 cm³/mol. The van der Waals surface area contributed by atoms with Gasteiger partial charge in [0.25, 0.3) is 0 Å². The lowest BCUT2D eigenvalue weighted by molar-refractivity contribution is -0.121. The number of pyridine rings is 1. The number of nitrogens with zero attached hydrogens (tertiary/aromatic N) is 1. The SMILES string of the molecule is Cc1ccc(OCCC(=O)NCC(C)(C)c2cccnc2)c(Br)c1. The van der Waals surface area contributed by atoms with Crippen LogP contribution in [-0.4, -0.2) is 24.0 Å². The number of nitrogens with one attached hydrogen (secondary N) is 1. The fraction of sp³-hybridized carbons (Fsp3) is 0.368. The zero-order valence-electron chi connectivity index (χ0n) is 14.3. The topological polar surface area (TPSA) is 51.2 Å². The van der Waals surface area contributed by atoms with E-state index in [1.807, 2.05) is 43.5 Å². The number of carbonyl (C=O) groups is 1. The fourth-order valence-electron chi connectivity index (χ4n) is 2.25. The summed E-state index contributed by atoms with van der Waals surface area (Å²) >= 11 is 3.47. The molecule has 24 heavy (non-hydrogen) atoms. The molecule has 0 unspecified atom stereocenters. The van der Waals surface area contributed by atoms with Crippen LogP contribution in [0.25, 0.3) is 0 Å². The molecule has 0 aliphatic heterocycles. The molecule has 0 atom stereocenters. The molecule has 1 aromatic heterocycles. The molecule has 2 rings (SSSR count). The van der Waals surface area contributed by atoms with Crippen molar-refractivity contribution in [2.24, 2.45) is 0 Å². The van der Waals surface area contributed by atoms with Gasteiger partial charge in [-0.1, -0.05) is 26.0 Å². The highest BCUT2D eigenvalue weighted by molar-refractivity contribution is 9.10. The van der Waals surface area contributed by atoms with Crippen LogP contribution in [0.15, 0.2) is 47.2 Å². The monoisotopic (exact) mass is 390 g/mol. The molecule has 4 nitrogen and oxygen atoms in total. The molecule has 5 heteroatoms. The summed E-state index contributed by atoms with van der Waals surface area (Å²) in [5.41, 5.74) is 2.10. The molecule has 0 fully saturated rings. The summed E-state index contributed by atoms with van der Waals surface area (Å²) in [6.07, 6.45) is 3.91. The lowest BCUT2D eigenvalue weighted by Gasteiger charge is -2.25. The quantitative estimate of drug-likeness (QED) is 0.776. The van der Waals surface area contributed by atoms with Crippen molar-refractivity contribution < 1.29 is 9.53 Å². The van der Waals surface area contributed by atoms with Crippen LogP contribution < -0.4 is 10.1 Å². The third-order valence-corrected chi connectivity index (χ3v) is 4.46. The molecule has 1 amide bonds. The van der Waals surface area contributed by atoms with Crippen LogP contribution in [0.5, 0.6) is 5.75 Å². The van der Waals surface area contributed by atoms with E-state index in [0.717, 1.165) is 21.3 Å². The number of hydrogen-bond donors (Lipinski definition) is 1. The zero-order valence-corrected chi connectivity index (χ0v) is 15.9. The van der Waals surface area contributed by atoms with Crippen molar-refractivity contribution in [3.63, 3.8) is 0 Å². The molecule has 1 N–H and O–H groups in total. The summed E-state index contributed by atoms with van der Waals surface area (Å²) in [4.78, 5) is 16.2. The first kappa shape index (κ1) is 18.5. The van der Waals surface area contributed by atoms with Gasteiger partial charge in [-0.05, 0) is 52.2 Å². The Morgan fingerprint density at radius 1 is 1.33 bits per heavy atom. The van der Waals surface area contributed by atoms with Crippen molar-refractivity contribution in [3.8, 4) is 5.75 Å². The smallest absolute Gasteiger partial charge is 0.223 e. The minimum absolute atomic E-state index is 0.0183. The van der Waals surface area contributed by atoms with Gasteiger partial charge in [0.15, 0.2) is 0 Å². The van der Waals surface area contributed by atoms with E-state index in [0.29, 0.717) is 19.6 Å². The normalized spacial score (nSPS) is 11.2. The van der Waals surface area contributed by atoms with E-state index < -0.39 is 0 Å². The first-order valence-electron chi connectivity index (χ1n) is 7.95. The number of halogens is 1. The van der Waals surface area contributed by atoms with E-state index in [4.69, 9.17) is 4.74 Å². The molecule has 0 saturated heterocycles. The summed E-state index contributed by atoms with van der Waals surface area (Å²) in [5.74, 6) is 0.735. The Morgan fingerprint density at radius 2 is 2.12 bits per heavy atom. The first-order chi connectivity index (χ1) is 11.4. The largest absolute Gasteiger partial charge is 0.492 e. The molecule has 2 aromatic rings. The second-order valence-corrected chi connectivity index (χ2v) is 7.29. The van der Waals surface area contributed by atoms with Crippen LogP contribution in [0.3, 0.4) is 0 Å². The van der Waals surface area contributed by atoms with Gasteiger partial charge in [-0.3, -0.25) is 9.78 Å². The Kier molecular flexibility index (Phi) is 6.37. The average Bonchev–Trinajstić information content (AvgIpc) is 2.56. The maximum Gasteiger partial charge on any atom is 0.223 e. The van der Waals surface area contributed by atoms with Crippen molar-refractivity contribution >= 4 is 21.8 Å². The minimum atomic E-state index is -0.162. The van der Waals surface area contributed by atoms with Crippen molar-refractivity contribution in [3.05, 3.63) is 58.3 Å². The predicted octanol–water partition coefficient (Wildman–Crippen LogP) is 4.02. The van der Waals surface area contributed by atoms with Gasteiger partial charge < -0.3 is 10.1 Å². The third-order valence-electron chi connectivity index (χ3n) is 3.84. The second kappa shape index (κ2) is 8.29. The Bertz CT molecular complexity index is 687. The Morgan fingerprint density at radius 3 is 2.79 bits per heavy atom. The second-order valence-electron chi connectivity index (χ2n) is 6.43.